The molecule has 2 N–H and O–H groups in total. The van der Waals surface area contributed by atoms with Crippen molar-refractivity contribution >= 4 is 35.3 Å². The van der Waals surface area contributed by atoms with Crippen molar-refractivity contribution in [1.82, 2.24) is 15.5 Å². The van der Waals surface area contributed by atoms with Crippen LogP contribution in [0.4, 0.5) is 0 Å². The number of aryl methyl sites for hydroxylation is 1. The summed E-state index contributed by atoms with van der Waals surface area (Å²) in [6, 6.07) is 29.7. The highest BCUT2D eigenvalue weighted by atomic mass is 35.5. The Morgan fingerprint density at radius 2 is 1.51 bits per heavy atom. The highest BCUT2D eigenvalue weighted by molar-refractivity contribution is 6.34. The van der Waals surface area contributed by atoms with E-state index in [9.17, 15) is 19.2 Å². The van der Waals surface area contributed by atoms with Gasteiger partial charge in [0.05, 0.1) is 17.7 Å². The molecule has 8 nitrogen and oxygen atoms in total. The first kappa shape index (κ1) is 31.5. The maximum absolute atomic E-state index is 13.6. The van der Waals surface area contributed by atoms with Crippen molar-refractivity contribution in [3.63, 3.8) is 0 Å². The van der Waals surface area contributed by atoms with Gasteiger partial charge in [0.25, 0.3) is 5.91 Å². The monoisotopic (exact) mass is 623 g/mol. The van der Waals surface area contributed by atoms with Crippen LogP contribution in [-0.2, 0) is 37.6 Å². The van der Waals surface area contributed by atoms with Crippen molar-refractivity contribution in [3.05, 3.63) is 142 Å². The van der Waals surface area contributed by atoms with Crippen LogP contribution in [0.25, 0.3) is 0 Å². The second-order valence-corrected chi connectivity index (χ2v) is 11.4. The van der Waals surface area contributed by atoms with E-state index in [4.69, 9.17) is 16.3 Å². The molecule has 2 unspecified atom stereocenters. The molecule has 1 fully saturated rings. The smallest absolute Gasteiger partial charge is 0.328 e. The van der Waals surface area contributed by atoms with Gasteiger partial charge in [0.1, 0.15) is 12.1 Å². The summed E-state index contributed by atoms with van der Waals surface area (Å²) < 4.78 is 5.00. The van der Waals surface area contributed by atoms with E-state index in [1.54, 1.807) is 30.0 Å². The van der Waals surface area contributed by atoms with E-state index in [-0.39, 0.29) is 23.3 Å². The molecular weight excluding hydrogens is 590 g/mol. The van der Waals surface area contributed by atoms with Crippen molar-refractivity contribution in [3.8, 4) is 0 Å². The second-order valence-electron chi connectivity index (χ2n) is 11.0. The molecule has 45 heavy (non-hydrogen) atoms. The zero-order chi connectivity index (χ0) is 32.1. The van der Waals surface area contributed by atoms with Crippen molar-refractivity contribution < 1.29 is 23.9 Å². The molecule has 9 heteroatoms. The Morgan fingerprint density at radius 3 is 2.11 bits per heavy atom. The van der Waals surface area contributed by atoms with Crippen LogP contribution in [0.5, 0.6) is 0 Å². The van der Waals surface area contributed by atoms with Crippen molar-refractivity contribution in [2.24, 2.45) is 0 Å². The number of amides is 3. The molecule has 3 amide bonds. The molecule has 0 aromatic heterocycles. The maximum Gasteiger partial charge on any atom is 0.328 e. The minimum atomic E-state index is -1.26. The van der Waals surface area contributed by atoms with E-state index in [1.165, 1.54) is 14.0 Å². The van der Waals surface area contributed by atoms with Gasteiger partial charge >= 0.3 is 5.97 Å². The number of hydrogen-bond donors (Lipinski definition) is 2. The molecule has 1 heterocycles. The number of carbonyl (C=O) groups excluding carboxylic acids is 4. The van der Waals surface area contributed by atoms with Gasteiger partial charge in [-0.05, 0) is 29.7 Å². The van der Waals surface area contributed by atoms with Crippen LogP contribution in [0.1, 0.15) is 45.1 Å². The van der Waals surface area contributed by atoms with Crippen LogP contribution in [0.15, 0.2) is 103 Å². The molecule has 4 aromatic carbocycles. The molecule has 0 aliphatic carbocycles. The van der Waals surface area contributed by atoms with E-state index in [1.807, 2.05) is 84.9 Å². The fourth-order valence-electron chi connectivity index (χ4n) is 6.02. The van der Waals surface area contributed by atoms with Gasteiger partial charge in [-0.2, -0.15) is 0 Å². The van der Waals surface area contributed by atoms with Crippen LogP contribution in [0.3, 0.4) is 0 Å². The number of methoxy groups -OCH3 is 1. The highest BCUT2D eigenvalue weighted by Gasteiger charge is 2.54. The molecule has 0 spiro atoms. The molecule has 0 bridgehead atoms. The molecule has 230 valence electrons. The van der Waals surface area contributed by atoms with Crippen LogP contribution < -0.4 is 10.6 Å². The molecule has 0 saturated carbocycles. The summed E-state index contributed by atoms with van der Waals surface area (Å²) >= 11 is 6.29. The third-order valence-electron chi connectivity index (χ3n) is 8.13. The first-order chi connectivity index (χ1) is 21.6. The van der Waals surface area contributed by atoms with Gasteiger partial charge in [-0.25, -0.2) is 4.79 Å². The Hall–Kier alpha value is -4.95. The lowest BCUT2D eigenvalue weighted by Crippen LogP contribution is -2.53. The number of benzene rings is 4. The third-order valence-corrected chi connectivity index (χ3v) is 8.45. The predicted octanol–water partition coefficient (Wildman–Crippen LogP) is 4.95. The highest BCUT2D eigenvalue weighted by Crippen LogP contribution is 2.40. The molecule has 0 radical (unpaired) electrons. The molecule has 3 atom stereocenters. The van der Waals surface area contributed by atoms with Gasteiger partial charge in [-0.15, -0.1) is 0 Å². The zero-order valence-corrected chi connectivity index (χ0v) is 26.0. The Labute approximate surface area is 267 Å². The summed E-state index contributed by atoms with van der Waals surface area (Å²) in [7, 11) is 1.26. The Bertz CT molecular complexity index is 1690. The number of ether oxygens (including phenoxy) is 1. The summed E-state index contributed by atoms with van der Waals surface area (Å²) in [6.07, 6.45) is 0.490. The number of rotatable bonds is 9. The van der Waals surface area contributed by atoms with Gasteiger partial charge < -0.3 is 15.4 Å². The Balaban J connectivity index is 1.48. The lowest BCUT2D eigenvalue weighted by atomic mass is 9.88. The van der Waals surface area contributed by atoms with Crippen molar-refractivity contribution in [2.75, 3.05) is 7.11 Å². The van der Waals surface area contributed by atoms with E-state index >= 15 is 0 Å². The molecule has 5 rings (SSSR count). The first-order valence-electron chi connectivity index (χ1n) is 14.6. The SMILES string of the molecule is COC(=O)[C@H](Cc1ccc(C2(c3ccccc3)NC(=O)C(Cc3ccccc3)N2C(C)=O)cc1)NC(=O)c1c(C)cccc1Cl. The van der Waals surface area contributed by atoms with Gasteiger partial charge in [-0.1, -0.05) is 109 Å². The minimum Gasteiger partial charge on any atom is -0.467 e. The topological polar surface area (TPSA) is 105 Å². The second kappa shape index (κ2) is 13.4. The normalized spacial score (nSPS) is 18.2. The number of esters is 1. The van der Waals surface area contributed by atoms with Gasteiger partial charge in [0.2, 0.25) is 11.8 Å². The van der Waals surface area contributed by atoms with E-state index in [0.717, 1.165) is 16.7 Å². The van der Waals surface area contributed by atoms with E-state index in [0.29, 0.717) is 23.1 Å². The zero-order valence-electron chi connectivity index (χ0n) is 25.3. The van der Waals surface area contributed by atoms with Crippen LogP contribution in [-0.4, -0.2) is 47.8 Å². The number of halogens is 1. The summed E-state index contributed by atoms with van der Waals surface area (Å²) in [5, 5.41) is 6.22. The Kier molecular flexibility index (Phi) is 9.34. The lowest BCUT2D eigenvalue weighted by Gasteiger charge is -2.40. The summed E-state index contributed by atoms with van der Waals surface area (Å²) in [4.78, 5) is 54.5. The molecular formula is C36H34ClN3O5. The largest absolute Gasteiger partial charge is 0.467 e. The predicted molar refractivity (Wildman–Crippen MR) is 171 cm³/mol. The number of nitrogens with zero attached hydrogens (tertiary/aromatic N) is 1. The summed E-state index contributed by atoms with van der Waals surface area (Å²) in [5.74, 6) is -1.60. The summed E-state index contributed by atoms with van der Waals surface area (Å²) in [5.41, 5.74) is 2.77. The minimum absolute atomic E-state index is 0.139. The average Bonchev–Trinajstić information content (AvgIpc) is 3.34. The van der Waals surface area contributed by atoms with E-state index < -0.39 is 29.6 Å². The molecule has 1 aliphatic heterocycles. The third kappa shape index (κ3) is 6.33. The lowest BCUT2D eigenvalue weighted by molar-refractivity contribution is -0.142. The first-order valence-corrected chi connectivity index (χ1v) is 15.0. The number of carbonyl (C=O) groups is 4. The van der Waals surface area contributed by atoms with Crippen molar-refractivity contribution in [1.29, 1.82) is 0 Å². The molecule has 1 saturated heterocycles. The van der Waals surface area contributed by atoms with Crippen LogP contribution in [0.2, 0.25) is 5.02 Å². The molecule has 1 aliphatic rings. The van der Waals surface area contributed by atoms with Crippen LogP contribution in [0, 0.1) is 6.92 Å². The number of hydrogen-bond acceptors (Lipinski definition) is 5. The Morgan fingerprint density at radius 1 is 0.889 bits per heavy atom. The fraction of sp³-hybridized carbons (Fsp3) is 0.222. The van der Waals surface area contributed by atoms with Crippen LogP contribution >= 0.6 is 11.6 Å². The summed E-state index contributed by atoms with van der Waals surface area (Å²) in [6.45, 7) is 3.24. The maximum atomic E-state index is 13.6. The average molecular weight is 624 g/mol. The number of nitrogens with one attached hydrogen (secondary N) is 2. The quantitative estimate of drug-likeness (QED) is 0.257. The van der Waals surface area contributed by atoms with Gasteiger partial charge in [-0.3, -0.25) is 19.3 Å². The fourth-order valence-corrected chi connectivity index (χ4v) is 6.33. The van der Waals surface area contributed by atoms with Gasteiger partial charge in [0.15, 0.2) is 5.66 Å². The molecule has 4 aromatic rings. The van der Waals surface area contributed by atoms with Gasteiger partial charge in [0, 0.05) is 30.9 Å². The van der Waals surface area contributed by atoms with Crippen molar-refractivity contribution in [2.45, 2.75) is 44.4 Å². The van der Waals surface area contributed by atoms with E-state index in [2.05, 4.69) is 10.6 Å². The standard InChI is InChI=1S/C36H34ClN3O5/c1-23-11-10-16-29(37)32(23)34(43)38-30(35(44)45-3)21-26-17-19-28(20-18-26)36(27-14-8-5-9-15-27)39-33(42)31(40(36)24(2)41)22-25-12-6-4-7-13-25/h4-20,30-31H,21-22H2,1-3H3,(H,38,43)(H,39,42)/t30-,31?,36?/m0/s1.